The molecule has 2 atom stereocenters. The molecular formula is C20H23N5O. The summed E-state index contributed by atoms with van der Waals surface area (Å²) in [7, 11) is 1.91. The number of hydrogen-bond donors (Lipinski definition) is 0. The van der Waals surface area contributed by atoms with Crippen LogP contribution in [0, 0.1) is 17.2 Å². The van der Waals surface area contributed by atoms with Gasteiger partial charge < -0.3 is 9.80 Å². The summed E-state index contributed by atoms with van der Waals surface area (Å²) < 4.78 is 1.80. The third-order valence-electron chi connectivity index (χ3n) is 5.43. The number of benzene rings is 1. The molecular weight excluding hydrogens is 326 g/mol. The largest absolute Gasteiger partial charge is 0.370 e. The number of aromatic nitrogens is 2. The smallest absolute Gasteiger partial charge is 0.226 e. The van der Waals surface area contributed by atoms with Crippen LogP contribution in [0.15, 0.2) is 36.7 Å². The predicted octanol–water partition coefficient (Wildman–Crippen LogP) is 2.13. The maximum absolute atomic E-state index is 12.9. The van der Waals surface area contributed by atoms with Crippen molar-refractivity contribution in [3.05, 3.63) is 47.8 Å². The van der Waals surface area contributed by atoms with E-state index < -0.39 is 0 Å². The minimum atomic E-state index is 0.126. The van der Waals surface area contributed by atoms with Gasteiger partial charge in [0.15, 0.2) is 0 Å². The van der Waals surface area contributed by atoms with Crippen molar-refractivity contribution in [1.29, 1.82) is 5.26 Å². The second-order valence-corrected chi connectivity index (χ2v) is 7.22. The van der Waals surface area contributed by atoms with Crippen molar-refractivity contribution in [2.24, 2.45) is 13.0 Å². The van der Waals surface area contributed by atoms with Crippen LogP contribution in [0.25, 0.3) is 0 Å². The van der Waals surface area contributed by atoms with E-state index in [1.54, 1.807) is 4.68 Å². The van der Waals surface area contributed by atoms with Gasteiger partial charge in [-0.15, -0.1) is 0 Å². The van der Waals surface area contributed by atoms with E-state index in [0.717, 1.165) is 44.7 Å². The first-order chi connectivity index (χ1) is 12.7. The normalized spacial score (nSPS) is 22.6. The van der Waals surface area contributed by atoms with E-state index in [9.17, 15) is 4.79 Å². The fourth-order valence-electron chi connectivity index (χ4n) is 3.85. The van der Waals surface area contributed by atoms with Crippen molar-refractivity contribution in [2.45, 2.75) is 18.8 Å². The highest BCUT2D eigenvalue weighted by atomic mass is 16.2. The lowest BCUT2D eigenvalue weighted by Crippen LogP contribution is -2.36. The van der Waals surface area contributed by atoms with E-state index in [-0.39, 0.29) is 5.92 Å². The molecule has 26 heavy (non-hydrogen) atoms. The van der Waals surface area contributed by atoms with E-state index in [4.69, 9.17) is 5.26 Å². The SMILES string of the molecule is Cn1cc(C2CC2C(=O)N2CCCN(c3ccc(C#N)cc3)CC2)cn1. The molecule has 2 unspecified atom stereocenters. The third-order valence-corrected chi connectivity index (χ3v) is 5.43. The Hall–Kier alpha value is -2.81. The average Bonchev–Trinajstić information content (AvgIpc) is 3.41. The van der Waals surface area contributed by atoms with Crippen molar-refractivity contribution in [3.63, 3.8) is 0 Å². The molecule has 1 saturated heterocycles. The van der Waals surface area contributed by atoms with Gasteiger partial charge in [-0.05, 0) is 48.6 Å². The summed E-state index contributed by atoms with van der Waals surface area (Å²) in [6, 6.07) is 9.85. The second-order valence-electron chi connectivity index (χ2n) is 7.22. The molecule has 0 radical (unpaired) electrons. The predicted molar refractivity (Wildman–Crippen MR) is 98.6 cm³/mol. The zero-order chi connectivity index (χ0) is 18.1. The molecule has 1 aromatic heterocycles. The molecule has 2 aromatic rings. The summed E-state index contributed by atoms with van der Waals surface area (Å²) in [6.45, 7) is 3.35. The van der Waals surface area contributed by atoms with Crippen LogP contribution in [0.5, 0.6) is 0 Å². The number of amides is 1. The monoisotopic (exact) mass is 349 g/mol. The first-order valence-corrected chi connectivity index (χ1v) is 9.18. The first kappa shape index (κ1) is 16.6. The van der Waals surface area contributed by atoms with E-state index in [0.29, 0.717) is 17.4 Å². The molecule has 0 bridgehead atoms. The van der Waals surface area contributed by atoms with Crippen LogP contribution in [0.2, 0.25) is 0 Å². The fourth-order valence-corrected chi connectivity index (χ4v) is 3.85. The zero-order valence-electron chi connectivity index (χ0n) is 15.0. The van der Waals surface area contributed by atoms with Gasteiger partial charge in [-0.25, -0.2) is 0 Å². The zero-order valence-corrected chi connectivity index (χ0v) is 15.0. The highest BCUT2D eigenvalue weighted by Gasteiger charge is 2.46. The van der Waals surface area contributed by atoms with Gasteiger partial charge >= 0.3 is 0 Å². The Morgan fingerprint density at radius 2 is 2.00 bits per heavy atom. The molecule has 0 N–H and O–H groups in total. The molecule has 1 amide bonds. The lowest BCUT2D eigenvalue weighted by atomic mass is 10.2. The van der Waals surface area contributed by atoms with Crippen LogP contribution in [0.1, 0.15) is 29.9 Å². The highest BCUT2D eigenvalue weighted by Crippen LogP contribution is 2.48. The van der Waals surface area contributed by atoms with Gasteiger partial charge in [-0.3, -0.25) is 9.48 Å². The van der Waals surface area contributed by atoms with Crippen molar-refractivity contribution < 1.29 is 4.79 Å². The Balaban J connectivity index is 1.36. The fraction of sp³-hybridized carbons (Fsp3) is 0.450. The third kappa shape index (κ3) is 3.30. The van der Waals surface area contributed by atoms with E-state index in [1.807, 2.05) is 48.6 Å². The number of carbonyl (C=O) groups is 1. The minimum Gasteiger partial charge on any atom is -0.370 e. The number of aryl methyl sites for hydroxylation is 1. The second kappa shape index (κ2) is 6.83. The van der Waals surface area contributed by atoms with Gasteiger partial charge in [0.2, 0.25) is 5.91 Å². The lowest BCUT2D eigenvalue weighted by Gasteiger charge is -2.24. The quantitative estimate of drug-likeness (QED) is 0.851. The van der Waals surface area contributed by atoms with Gasteiger partial charge in [0.05, 0.1) is 17.8 Å². The Bertz CT molecular complexity index is 835. The van der Waals surface area contributed by atoms with E-state index in [1.165, 1.54) is 5.56 Å². The maximum Gasteiger partial charge on any atom is 0.226 e. The van der Waals surface area contributed by atoms with Gasteiger partial charge in [-0.2, -0.15) is 10.4 Å². The van der Waals surface area contributed by atoms with Gasteiger partial charge in [0.25, 0.3) is 0 Å². The summed E-state index contributed by atoms with van der Waals surface area (Å²) >= 11 is 0. The summed E-state index contributed by atoms with van der Waals surface area (Å²) in [5.41, 5.74) is 2.98. The number of nitriles is 1. The average molecular weight is 349 g/mol. The number of rotatable bonds is 3. The summed E-state index contributed by atoms with van der Waals surface area (Å²) in [6.07, 6.45) is 5.82. The Morgan fingerprint density at radius 3 is 2.69 bits per heavy atom. The maximum atomic E-state index is 12.9. The summed E-state index contributed by atoms with van der Waals surface area (Å²) in [5.74, 6) is 0.760. The Kier molecular flexibility index (Phi) is 4.37. The molecule has 1 aliphatic heterocycles. The van der Waals surface area contributed by atoms with Gasteiger partial charge in [0, 0.05) is 51.0 Å². The van der Waals surface area contributed by atoms with Gasteiger partial charge in [-0.1, -0.05) is 0 Å². The molecule has 2 fully saturated rings. The standard InChI is InChI=1S/C20H23N5O/c1-23-14-16(13-22-23)18-11-19(18)20(26)25-8-2-7-24(9-10-25)17-5-3-15(12-21)4-6-17/h3-6,13-14,18-19H,2,7-11H2,1H3. The van der Waals surface area contributed by atoms with Crippen LogP contribution in [0.3, 0.4) is 0 Å². The minimum absolute atomic E-state index is 0.126. The van der Waals surface area contributed by atoms with Crippen LogP contribution in [-0.4, -0.2) is 46.8 Å². The highest BCUT2D eigenvalue weighted by molar-refractivity contribution is 5.83. The van der Waals surface area contributed by atoms with Crippen molar-refractivity contribution in [1.82, 2.24) is 14.7 Å². The van der Waals surface area contributed by atoms with Crippen molar-refractivity contribution in [3.8, 4) is 6.07 Å². The summed E-state index contributed by atoms with van der Waals surface area (Å²) in [4.78, 5) is 17.2. The molecule has 1 aromatic carbocycles. The van der Waals surface area contributed by atoms with Crippen LogP contribution in [-0.2, 0) is 11.8 Å². The molecule has 6 heteroatoms. The summed E-state index contributed by atoms with van der Waals surface area (Å²) in [5, 5.41) is 13.1. The van der Waals surface area contributed by atoms with Crippen LogP contribution >= 0.6 is 0 Å². The molecule has 1 aliphatic carbocycles. The molecule has 1 saturated carbocycles. The number of anilines is 1. The Morgan fingerprint density at radius 1 is 1.19 bits per heavy atom. The number of carbonyl (C=O) groups excluding carboxylic acids is 1. The molecule has 0 spiro atoms. The van der Waals surface area contributed by atoms with E-state index in [2.05, 4.69) is 16.1 Å². The van der Waals surface area contributed by atoms with Crippen molar-refractivity contribution >= 4 is 11.6 Å². The van der Waals surface area contributed by atoms with Crippen LogP contribution in [0.4, 0.5) is 5.69 Å². The lowest BCUT2D eigenvalue weighted by molar-refractivity contribution is -0.132. The molecule has 4 rings (SSSR count). The first-order valence-electron chi connectivity index (χ1n) is 9.18. The molecule has 2 heterocycles. The van der Waals surface area contributed by atoms with Crippen LogP contribution < -0.4 is 4.90 Å². The molecule has 2 aliphatic rings. The number of hydrogen-bond acceptors (Lipinski definition) is 4. The Labute approximate surface area is 153 Å². The molecule has 134 valence electrons. The molecule has 6 nitrogen and oxygen atoms in total. The van der Waals surface area contributed by atoms with E-state index >= 15 is 0 Å². The number of nitrogens with zero attached hydrogens (tertiary/aromatic N) is 5. The van der Waals surface area contributed by atoms with Gasteiger partial charge in [0.1, 0.15) is 0 Å². The topological polar surface area (TPSA) is 65.2 Å². The van der Waals surface area contributed by atoms with Crippen molar-refractivity contribution in [2.75, 3.05) is 31.1 Å².